The summed E-state index contributed by atoms with van der Waals surface area (Å²) in [6, 6.07) is 14.1. The lowest BCUT2D eigenvalue weighted by molar-refractivity contribution is -0.160. The Bertz CT molecular complexity index is 736. The highest BCUT2D eigenvalue weighted by molar-refractivity contribution is 5.86. The van der Waals surface area contributed by atoms with Gasteiger partial charge in [-0.1, -0.05) is 56.3 Å². The van der Waals surface area contributed by atoms with Gasteiger partial charge in [-0.25, -0.2) is 0 Å². The third kappa shape index (κ3) is 6.03. The van der Waals surface area contributed by atoms with Crippen LogP contribution in [0.5, 0.6) is 0 Å². The number of benzene rings is 2. The Morgan fingerprint density at radius 3 is 2.32 bits per heavy atom. The lowest BCUT2D eigenvalue weighted by Crippen LogP contribution is -2.50. The highest BCUT2D eigenvalue weighted by Crippen LogP contribution is 2.19. The van der Waals surface area contributed by atoms with Gasteiger partial charge < -0.3 is 20.1 Å². The van der Waals surface area contributed by atoms with E-state index in [9.17, 15) is 4.79 Å². The number of carbonyl (C=O) groups is 1. The maximum atomic E-state index is 13.0. The summed E-state index contributed by atoms with van der Waals surface area (Å²) in [6.45, 7) is 9.80. The molecule has 0 aliphatic rings. The molecular weight excluding hydrogens is 352 g/mol. The molecule has 0 radical (unpaired) electrons. The Kier molecular flexibility index (Phi) is 8.90. The van der Waals surface area contributed by atoms with Crippen LogP contribution in [0.3, 0.4) is 0 Å². The highest BCUT2D eigenvalue weighted by atomic mass is 16.7. The third-order valence-corrected chi connectivity index (χ3v) is 4.92. The van der Waals surface area contributed by atoms with Crippen molar-refractivity contribution in [3.8, 4) is 0 Å². The molecule has 0 unspecified atom stereocenters. The number of hydrogen-bond acceptors (Lipinski definition) is 4. The van der Waals surface area contributed by atoms with Crippen molar-refractivity contribution in [2.24, 2.45) is 11.7 Å². The molecule has 0 fully saturated rings. The quantitative estimate of drug-likeness (QED) is 0.600. The summed E-state index contributed by atoms with van der Waals surface area (Å²) in [4.78, 5) is 14.8. The SMILES string of the molecule is CCOC(CN(CCc1cccc2ccccc12)C(=O)[C@@H](N)C(C)C)OCC. The monoisotopic (exact) mass is 386 g/mol. The summed E-state index contributed by atoms with van der Waals surface area (Å²) >= 11 is 0. The molecule has 2 aromatic carbocycles. The number of amides is 1. The number of ether oxygens (including phenoxy) is 2. The average Bonchev–Trinajstić information content (AvgIpc) is 2.70. The molecule has 0 heterocycles. The zero-order valence-corrected chi connectivity index (χ0v) is 17.6. The Morgan fingerprint density at radius 2 is 1.68 bits per heavy atom. The fraction of sp³-hybridized carbons (Fsp3) is 0.522. The average molecular weight is 387 g/mol. The van der Waals surface area contributed by atoms with E-state index < -0.39 is 12.3 Å². The van der Waals surface area contributed by atoms with Crippen LogP contribution in [0.2, 0.25) is 0 Å². The van der Waals surface area contributed by atoms with E-state index in [4.69, 9.17) is 15.2 Å². The second-order valence-electron chi connectivity index (χ2n) is 7.28. The van der Waals surface area contributed by atoms with Gasteiger partial charge in [-0.05, 0) is 42.5 Å². The normalized spacial score (nSPS) is 12.7. The number of carbonyl (C=O) groups excluding carboxylic acids is 1. The predicted octanol–water partition coefficient (Wildman–Crippen LogP) is 3.59. The van der Waals surface area contributed by atoms with Gasteiger partial charge in [0.05, 0.1) is 12.6 Å². The van der Waals surface area contributed by atoms with Crippen molar-refractivity contribution in [2.45, 2.75) is 46.4 Å². The lowest BCUT2D eigenvalue weighted by Gasteiger charge is -2.30. The molecule has 0 saturated heterocycles. The minimum Gasteiger partial charge on any atom is -0.351 e. The van der Waals surface area contributed by atoms with Crippen LogP contribution in [-0.2, 0) is 20.7 Å². The van der Waals surface area contributed by atoms with Gasteiger partial charge in [0, 0.05) is 19.8 Å². The molecule has 28 heavy (non-hydrogen) atoms. The molecule has 1 amide bonds. The Labute approximate surface area is 168 Å². The Hall–Kier alpha value is -1.95. The van der Waals surface area contributed by atoms with Crippen LogP contribution in [0.1, 0.15) is 33.3 Å². The van der Waals surface area contributed by atoms with E-state index >= 15 is 0 Å². The van der Waals surface area contributed by atoms with Gasteiger partial charge in [-0.2, -0.15) is 0 Å². The van der Waals surface area contributed by atoms with E-state index in [0.29, 0.717) is 26.3 Å². The molecule has 5 nitrogen and oxygen atoms in total. The van der Waals surface area contributed by atoms with E-state index in [-0.39, 0.29) is 11.8 Å². The Morgan fingerprint density at radius 1 is 1.04 bits per heavy atom. The lowest BCUT2D eigenvalue weighted by atomic mass is 10.0. The number of rotatable bonds is 11. The molecule has 0 aliphatic heterocycles. The van der Waals surface area contributed by atoms with Crippen LogP contribution in [0.4, 0.5) is 0 Å². The van der Waals surface area contributed by atoms with Gasteiger partial charge in [0.25, 0.3) is 0 Å². The van der Waals surface area contributed by atoms with Crippen molar-refractivity contribution in [3.63, 3.8) is 0 Å². The molecule has 2 aromatic rings. The first-order valence-corrected chi connectivity index (χ1v) is 10.2. The van der Waals surface area contributed by atoms with Gasteiger partial charge >= 0.3 is 0 Å². The summed E-state index contributed by atoms with van der Waals surface area (Å²) in [5.41, 5.74) is 7.39. The van der Waals surface area contributed by atoms with Crippen LogP contribution in [0.15, 0.2) is 42.5 Å². The summed E-state index contributed by atoms with van der Waals surface area (Å²) in [6.07, 6.45) is 0.314. The van der Waals surface area contributed by atoms with Crippen LogP contribution in [0.25, 0.3) is 10.8 Å². The van der Waals surface area contributed by atoms with Crippen molar-refractivity contribution in [3.05, 3.63) is 48.0 Å². The van der Waals surface area contributed by atoms with Gasteiger partial charge in [-0.3, -0.25) is 4.79 Å². The van der Waals surface area contributed by atoms with Gasteiger partial charge in [0.2, 0.25) is 5.91 Å². The van der Waals surface area contributed by atoms with Crippen LogP contribution in [-0.4, -0.2) is 49.4 Å². The molecule has 2 rings (SSSR count). The van der Waals surface area contributed by atoms with Crippen molar-refractivity contribution < 1.29 is 14.3 Å². The molecule has 0 spiro atoms. The van der Waals surface area contributed by atoms with Crippen LogP contribution in [0, 0.1) is 5.92 Å². The van der Waals surface area contributed by atoms with Gasteiger partial charge in [0.15, 0.2) is 6.29 Å². The molecule has 0 bridgehead atoms. The third-order valence-electron chi connectivity index (χ3n) is 4.92. The number of fused-ring (bicyclic) bond motifs is 1. The number of nitrogens with two attached hydrogens (primary N) is 1. The number of hydrogen-bond donors (Lipinski definition) is 1. The maximum Gasteiger partial charge on any atom is 0.239 e. The van der Waals surface area contributed by atoms with Crippen LogP contribution >= 0.6 is 0 Å². The molecule has 1 atom stereocenters. The van der Waals surface area contributed by atoms with Crippen LogP contribution < -0.4 is 5.73 Å². The second-order valence-corrected chi connectivity index (χ2v) is 7.28. The minimum atomic E-state index is -0.531. The minimum absolute atomic E-state index is 0.0559. The summed E-state index contributed by atoms with van der Waals surface area (Å²) < 4.78 is 11.3. The van der Waals surface area contributed by atoms with Crippen molar-refractivity contribution in [2.75, 3.05) is 26.3 Å². The Balaban J connectivity index is 2.19. The van der Waals surface area contributed by atoms with E-state index in [2.05, 4.69) is 30.3 Å². The van der Waals surface area contributed by atoms with E-state index in [1.807, 2.05) is 39.8 Å². The summed E-state index contributed by atoms with van der Waals surface area (Å²) in [5, 5.41) is 2.43. The van der Waals surface area contributed by atoms with Crippen molar-refractivity contribution in [1.29, 1.82) is 0 Å². The molecule has 0 aliphatic carbocycles. The van der Waals surface area contributed by atoms with Crippen molar-refractivity contribution in [1.82, 2.24) is 4.90 Å². The topological polar surface area (TPSA) is 64.8 Å². The van der Waals surface area contributed by atoms with E-state index in [1.54, 1.807) is 4.90 Å². The zero-order chi connectivity index (χ0) is 20.5. The van der Waals surface area contributed by atoms with Crippen molar-refractivity contribution >= 4 is 16.7 Å². The van der Waals surface area contributed by atoms with E-state index in [0.717, 1.165) is 6.42 Å². The molecule has 0 aromatic heterocycles. The van der Waals surface area contributed by atoms with E-state index in [1.165, 1.54) is 16.3 Å². The zero-order valence-electron chi connectivity index (χ0n) is 17.6. The molecule has 5 heteroatoms. The first kappa shape index (κ1) is 22.3. The molecule has 2 N–H and O–H groups in total. The fourth-order valence-corrected chi connectivity index (χ4v) is 3.26. The highest BCUT2D eigenvalue weighted by Gasteiger charge is 2.26. The molecule has 0 saturated carbocycles. The number of nitrogens with zero attached hydrogens (tertiary/aromatic N) is 1. The first-order chi connectivity index (χ1) is 13.5. The second kappa shape index (κ2) is 11.1. The summed E-state index contributed by atoms with van der Waals surface area (Å²) in [5.74, 6) is 0.0184. The first-order valence-electron chi connectivity index (χ1n) is 10.2. The maximum absolute atomic E-state index is 13.0. The fourth-order valence-electron chi connectivity index (χ4n) is 3.26. The molecule has 154 valence electrons. The van der Waals surface area contributed by atoms with Gasteiger partial charge in [-0.15, -0.1) is 0 Å². The van der Waals surface area contributed by atoms with Gasteiger partial charge in [0.1, 0.15) is 0 Å². The smallest absolute Gasteiger partial charge is 0.239 e. The molecular formula is C23H34N2O3. The summed E-state index contributed by atoms with van der Waals surface area (Å²) in [7, 11) is 0. The predicted molar refractivity (Wildman–Crippen MR) is 114 cm³/mol. The largest absolute Gasteiger partial charge is 0.351 e. The standard InChI is InChI=1S/C23H34N2O3/c1-5-27-21(28-6-2)16-25(23(26)22(24)17(3)4)15-14-19-12-9-11-18-10-7-8-13-20(18)19/h7-13,17,21-22H,5-6,14-16,24H2,1-4H3/t22-/m0/s1.